The minimum Gasteiger partial charge on any atom is -0.481 e. The highest BCUT2D eigenvalue weighted by Crippen LogP contribution is 1.94. The summed E-state index contributed by atoms with van der Waals surface area (Å²) in [6.07, 6.45) is 3.04. The second-order valence-corrected chi connectivity index (χ2v) is 4.12. The molecule has 0 bridgehead atoms. The molecule has 0 aromatic rings. The van der Waals surface area contributed by atoms with Crippen LogP contribution in [0, 0.1) is 0 Å². The minimum atomic E-state index is -0.822. The summed E-state index contributed by atoms with van der Waals surface area (Å²) in [7, 11) is 0. The molecule has 0 unspecified atom stereocenters. The number of nitrogens with zero attached hydrogens (tertiary/aromatic N) is 1. The van der Waals surface area contributed by atoms with Gasteiger partial charge in [-0.3, -0.25) is 14.5 Å². The van der Waals surface area contributed by atoms with Crippen LogP contribution in [-0.4, -0.2) is 48.1 Å². The third-order valence-electron chi connectivity index (χ3n) is 2.40. The van der Waals surface area contributed by atoms with Gasteiger partial charge < -0.3 is 10.4 Å². The largest absolute Gasteiger partial charge is 0.481 e. The highest BCUT2D eigenvalue weighted by molar-refractivity contribution is 5.78. The quantitative estimate of drug-likeness (QED) is 0.564. The SMILES string of the molecule is CCCCNC(=O)CN(CCC)CCC(=O)O. The molecule has 0 saturated heterocycles. The van der Waals surface area contributed by atoms with Gasteiger partial charge in [-0.1, -0.05) is 20.3 Å². The van der Waals surface area contributed by atoms with Crippen molar-refractivity contribution in [2.24, 2.45) is 0 Å². The Bertz CT molecular complexity index is 232. The van der Waals surface area contributed by atoms with Gasteiger partial charge >= 0.3 is 5.97 Å². The van der Waals surface area contributed by atoms with Crippen LogP contribution in [0.25, 0.3) is 0 Å². The van der Waals surface area contributed by atoms with E-state index in [0.717, 1.165) is 25.8 Å². The first-order valence-electron chi connectivity index (χ1n) is 6.31. The maximum absolute atomic E-state index is 11.5. The topological polar surface area (TPSA) is 69.6 Å². The molecular formula is C12H24N2O3. The fourth-order valence-electron chi connectivity index (χ4n) is 1.50. The van der Waals surface area contributed by atoms with E-state index in [1.54, 1.807) is 0 Å². The molecular weight excluding hydrogens is 220 g/mol. The predicted octanol–water partition coefficient (Wildman–Crippen LogP) is 1.09. The number of carboxylic acids is 1. The molecule has 0 aliphatic heterocycles. The number of hydrogen-bond acceptors (Lipinski definition) is 3. The lowest BCUT2D eigenvalue weighted by Crippen LogP contribution is -2.39. The van der Waals surface area contributed by atoms with Crippen molar-refractivity contribution in [3.8, 4) is 0 Å². The fraction of sp³-hybridized carbons (Fsp3) is 0.833. The lowest BCUT2D eigenvalue weighted by atomic mass is 10.3. The smallest absolute Gasteiger partial charge is 0.304 e. The molecule has 5 heteroatoms. The highest BCUT2D eigenvalue weighted by Gasteiger charge is 2.10. The summed E-state index contributed by atoms with van der Waals surface area (Å²) >= 11 is 0. The van der Waals surface area contributed by atoms with Crippen molar-refractivity contribution >= 4 is 11.9 Å². The molecule has 0 aromatic carbocycles. The van der Waals surface area contributed by atoms with Crippen LogP contribution in [0.3, 0.4) is 0 Å². The zero-order chi connectivity index (χ0) is 13.1. The molecule has 0 rings (SSSR count). The van der Waals surface area contributed by atoms with Crippen molar-refractivity contribution in [2.75, 3.05) is 26.2 Å². The molecule has 0 saturated carbocycles. The molecule has 0 spiro atoms. The Kier molecular flexibility index (Phi) is 9.43. The molecule has 0 aromatic heterocycles. The number of hydrogen-bond donors (Lipinski definition) is 2. The average molecular weight is 244 g/mol. The summed E-state index contributed by atoms with van der Waals surface area (Å²) < 4.78 is 0. The van der Waals surface area contributed by atoms with Crippen LogP contribution < -0.4 is 5.32 Å². The third-order valence-corrected chi connectivity index (χ3v) is 2.40. The van der Waals surface area contributed by atoms with Crippen molar-refractivity contribution in [2.45, 2.75) is 39.5 Å². The van der Waals surface area contributed by atoms with Crippen LogP contribution >= 0.6 is 0 Å². The van der Waals surface area contributed by atoms with Gasteiger partial charge in [0, 0.05) is 13.1 Å². The Balaban J connectivity index is 3.88. The summed E-state index contributed by atoms with van der Waals surface area (Å²) in [5.74, 6) is -0.838. The Labute approximate surface area is 103 Å². The maximum Gasteiger partial charge on any atom is 0.304 e. The Hall–Kier alpha value is -1.10. The maximum atomic E-state index is 11.5. The van der Waals surface area contributed by atoms with E-state index in [1.807, 2.05) is 11.8 Å². The third kappa shape index (κ3) is 9.81. The van der Waals surface area contributed by atoms with Crippen molar-refractivity contribution in [3.05, 3.63) is 0 Å². The Morgan fingerprint density at radius 2 is 1.88 bits per heavy atom. The highest BCUT2D eigenvalue weighted by atomic mass is 16.4. The lowest BCUT2D eigenvalue weighted by Gasteiger charge is -2.20. The van der Waals surface area contributed by atoms with Crippen molar-refractivity contribution < 1.29 is 14.7 Å². The van der Waals surface area contributed by atoms with Crippen LogP contribution in [0.1, 0.15) is 39.5 Å². The number of carboxylic acid groups (broad SMARTS) is 1. The number of rotatable bonds is 10. The zero-order valence-corrected chi connectivity index (χ0v) is 10.9. The van der Waals surface area contributed by atoms with Gasteiger partial charge in [-0.15, -0.1) is 0 Å². The standard InChI is InChI=1S/C12H24N2O3/c1-3-5-7-13-11(15)10-14(8-4-2)9-6-12(16)17/h3-10H2,1-2H3,(H,13,15)(H,16,17). The second kappa shape index (κ2) is 10.1. The molecule has 5 nitrogen and oxygen atoms in total. The van der Waals surface area contributed by atoms with Crippen LogP contribution in [-0.2, 0) is 9.59 Å². The summed E-state index contributed by atoms with van der Waals surface area (Å²) in [4.78, 5) is 23.9. The van der Waals surface area contributed by atoms with Crippen molar-refractivity contribution in [3.63, 3.8) is 0 Å². The number of unbranched alkanes of at least 4 members (excludes halogenated alkanes) is 1. The molecule has 2 N–H and O–H groups in total. The van der Waals surface area contributed by atoms with E-state index in [2.05, 4.69) is 12.2 Å². The number of nitrogens with one attached hydrogen (secondary N) is 1. The van der Waals surface area contributed by atoms with Gasteiger partial charge in [0.05, 0.1) is 13.0 Å². The first-order chi connectivity index (χ1) is 8.10. The molecule has 0 fully saturated rings. The average Bonchev–Trinajstić information content (AvgIpc) is 2.26. The summed E-state index contributed by atoms with van der Waals surface area (Å²) in [6, 6.07) is 0. The molecule has 0 aliphatic carbocycles. The van der Waals surface area contributed by atoms with Crippen LogP contribution in [0.5, 0.6) is 0 Å². The molecule has 100 valence electrons. The zero-order valence-electron chi connectivity index (χ0n) is 10.9. The number of amides is 1. The van der Waals surface area contributed by atoms with E-state index in [9.17, 15) is 9.59 Å². The second-order valence-electron chi connectivity index (χ2n) is 4.12. The van der Waals surface area contributed by atoms with E-state index in [1.165, 1.54) is 0 Å². The molecule has 1 amide bonds. The van der Waals surface area contributed by atoms with Gasteiger partial charge in [0.25, 0.3) is 0 Å². The van der Waals surface area contributed by atoms with Crippen molar-refractivity contribution in [1.29, 1.82) is 0 Å². The molecule has 17 heavy (non-hydrogen) atoms. The first kappa shape index (κ1) is 15.9. The summed E-state index contributed by atoms with van der Waals surface area (Å²) in [5, 5.41) is 11.4. The predicted molar refractivity (Wildman–Crippen MR) is 66.9 cm³/mol. The van der Waals surface area contributed by atoms with Gasteiger partial charge in [-0.25, -0.2) is 0 Å². The van der Waals surface area contributed by atoms with Crippen LogP contribution in [0.4, 0.5) is 0 Å². The normalized spacial score (nSPS) is 10.5. The van der Waals surface area contributed by atoms with Crippen LogP contribution in [0.2, 0.25) is 0 Å². The van der Waals surface area contributed by atoms with Gasteiger partial charge in [-0.05, 0) is 19.4 Å². The fourth-order valence-corrected chi connectivity index (χ4v) is 1.50. The van der Waals surface area contributed by atoms with E-state index in [-0.39, 0.29) is 12.3 Å². The van der Waals surface area contributed by atoms with E-state index in [4.69, 9.17) is 5.11 Å². The molecule has 0 radical (unpaired) electrons. The van der Waals surface area contributed by atoms with Crippen molar-refractivity contribution in [1.82, 2.24) is 10.2 Å². The monoisotopic (exact) mass is 244 g/mol. The summed E-state index contributed by atoms with van der Waals surface area (Å²) in [6.45, 7) is 6.28. The van der Waals surface area contributed by atoms with Crippen LogP contribution in [0.15, 0.2) is 0 Å². The van der Waals surface area contributed by atoms with Gasteiger partial charge in [-0.2, -0.15) is 0 Å². The lowest BCUT2D eigenvalue weighted by molar-refractivity contribution is -0.137. The van der Waals surface area contributed by atoms with Gasteiger partial charge in [0.2, 0.25) is 5.91 Å². The van der Waals surface area contributed by atoms with E-state index in [0.29, 0.717) is 19.6 Å². The van der Waals surface area contributed by atoms with E-state index < -0.39 is 5.97 Å². The summed E-state index contributed by atoms with van der Waals surface area (Å²) in [5.41, 5.74) is 0. The Morgan fingerprint density at radius 1 is 1.18 bits per heavy atom. The number of aliphatic carboxylic acids is 1. The number of carbonyl (C=O) groups is 2. The molecule has 0 aliphatic rings. The molecule has 0 atom stereocenters. The minimum absolute atomic E-state index is 0.0164. The number of carbonyl (C=O) groups excluding carboxylic acids is 1. The van der Waals surface area contributed by atoms with Gasteiger partial charge in [0.15, 0.2) is 0 Å². The Morgan fingerprint density at radius 3 is 2.41 bits per heavy atom. The van der Waals surface area contributed by atoms with Gasteiger partial charge in [0.1, 0.15) is 0 Å². The van der Waals surface area contributed by atoms with E-state index >= 15 is 0 Å². The first-order valence-corrected chi connectivity index (χ1v) is 6.31. The molecule has 0 heterocycles.